The summed E-state index contributed by atoms with van der Waals surface area (Å²) in [6.07, 6.45) is 2.35. The monoisotopic (exact) mass is 274 g/mol. The number of hydrogen-bond acceptors (Lipinski definition) is 3. The van der Waals surface area contributed by atoms with E-state index >= 15 is 0 Å². The van der Waals surface area contributed by atoms with E-state index in [9.17, 15) is 0 Å². The Morgan fingerprint density at radius 1 is 1.40 bits per heavy atom. The lowest BCUT2D eigenvalue weighted by Gasteiger charge is -2.32. The van der Waals surface area contributed by atoms with Crippen LogP contribution in [0.2, 0.25) is 0 Å². The van der Waals surface area contributed by atoms with Gasteiger partial charge in [-0.25, -0.2) is 0 Å². The van der Waals surface area contributed by atoms with Crippen LogP contribution in [0.4, 0.5) is 0 Å². The zero-order valence-corrected chi connectivity index (χ0v) is 12.9. The molecule has 0 aromatic heterocycles. The highest BCUT2D eigenvalue weighted by Gasteiger charge is 2.36. The molecule has 0 bridgehead atoms. The van der Waals surface area contributed by atoms with Crippen LogP contribution in [-0.4, -0.2) is 37.7 Å². The smallest absolute Gasteiger partial charge is 0.122 e. The molecule has 0 aliphatic carbocycles. The maximum absolute atomic E-state index is 5.64. The highest BCUT2D eigenvalue weighted by atomic mass is 16.5. The van der Waals surface area contributed by atoms with Crippen molar-refractivity contribution < 1.29 is 4.74 Å². The number of fused-ring (bicyclic) bond motifs is 1. The van der Waals surface area contributed by atoms with E-state index in [1.165, 1.54) is 24.1 Å². The summed E-state index contributed by atoms with van der Waals surface area (Å²) in [4.78, 5) is 2.65. The summed E-state index contributed by atoms with van der Waals surface area (Å²) in [6, 6.07) is 7.99. The number of hydrogen-bond donors (Lipinski definition) is 1. The van der Waals surface area contributed by atoms with Gasteiger partial charge < -0.3 is 10.1 Å². The zero-order chi connectivity index (χ0) is 14.1. The van der Waals surface area contributed by atoms with Crippen molar-refractivity contribution in [2.75, 3.05) is 26.7 Å². The summed E-state index contributed by atoms with van der Waals surface area (Å²) in [5, 5.41) is 3.37. The summed E-state index contributed by atoms with van der Waals surface area (Å²) < 4.78 is 5.64. The van der Waals surface area contributed by atoms with Gasteiger partial charge in [-0.1, -0.05) is 12.1 Å². The van der Waals surface area contributed by atoms with Crippen molar-refractivity contribution in [3.05, 3.63) is 29.3 Å². The number of likely N-dealkylation sites (tertiary alicyclic amines) is 1. The first-order chi connectivity index (χ1) is 9.70. The molecule has 20 heavy (non-hydrogen) atoms. The second kappa shape index (κ2) is 5.74. The van der Waals surface area contributed by atoms with E-state index in [1.807, 2.05) is 0 Å². The zero-order valence-electron chi connectivity index (χ0n) is 12.9. The molecule has 3 rings (SSSR count). The van der Waals surface area contributed by atoms with Gasteiger partial charge in [0.25, 0.3) is 0 Å². The maximum atomic E-state index is 5.64. The number of nitrogens with zero attached hydrogens (tertiary/aromatic N) is 1. The lowest BCUT2D eigenvalue weighted by molar-refractivity contribution is 0.182. The predicted octanol–water partition coefficient (Wildman–Crippen LogP) is 2.61. The highest BCUT2D eigenvalue weighted by Crippen LogP contribution is 2.40. The Hall–Kier alpha value is -1.06. The van der Waals surface area contributed by atoms with Gasteiger partial charge in [-0.3, -0.25) is 4.90 Å². The van der Waals surface area contributed by atoms with Crippen LogP contribution in [-0.2, 0) is 6.42 Å². The van der Waals surface area contributed by atoms with Crippen molar-refractivity contribution in [2.24, 2.45) is 5.92 Å². The molecule has 1 fully saturated rings. The fraction of sp³-hybridized carbons (Fsp3) is 0.647. The van der Waals surface area contributed by atoms with Gasteiger partial charge in [-0.05, 0) is 63.5 Å². The first kappa shape index (κ1) is 13.9. The predicted molar refractivity (Wildman–Crippen MR) is 82.3 cm³/mol. The average Bonchev–Trinajstić information content (AvgIpc) is 3.04. The minimum Gasteiger partial charge on any atom is -0.493 e. The van der Waals surface area contributed by atoms with Gasteiger partial charge in [0, 0.05) is 18.5 Å². The molecule has 0 radical (unpaired) electrons. The van der Waals surface area contributed by atoms with Crippen LogP contribution in [0.5, 0.6) is 5.75 Å². The molecule has 2 heterocycles. The van der Waals surface area contributed by atoms with Gasteiger partial charge in [0.15, 0.2) is 0 Å². The van der Waals surface area contributed by atoms with Crippen molar-refractivity contribution >= 4 is 0 Å². The Labute approximate surface area is 122 Å². The number of nitrogens with one attached hydrogen (secondary N) is 1. The van der Waals surface area contributed by atoms with E-state index in [-0.39, 0.29) is 0 Å². The van der Waals surface area contributed by atoms with Crippen molar-refractivity contribution in [3.63, 3.8) is 0 Å². The molecule has 0 saturated carbocycles. The molecule has 3 nitrogen and oxygen atoms in total. The van der Waals surface area contributed by atoms with E-state index in [1.54, 1.807) is 0 Å². The lowest BCUT2D eigenvalue weighted by atomic mass is 9.91. The highest BCUT2D eigenvalue weighted by molar-refractivity contribution is 5.41. The molecule has 1 saturated heterocycles. The third-order valence-electron chi connectivity index (χ3n) is 4.75. The Kier molecular flexibility index (Phi) is 3.99. The number of benzene rings is 1. The summed E-state index contributed by atoms with van der Waals surface area (Å²) in [6.45, 7) is 7.78. The lowest BCUT2D eigenvalue weighted by Crippen LogP contribution is -2.33. The largest absolute Gasteiger partial charge is 0.493 e. The third kappa shape index (κ3) is 2.45. The standard InChI is InChI=1S/C17H26N2O/c1-12(2)19-8-6-15(11-18-3)17(19)14-4-5-16-13(10-14)7-9-20-16/h4-5,10,12,15,17-18H,6-9,11H2,1-3H3. The molecule has 1 N–H and O–H groups in total. The second-order valence-corrected chi connectivity index (χ2v) is 6.35. The van der Waals surface area contributed by atoms with Crippen LogP contribution in [0.25, 0.3) is 0 Å². The van der Waals surface area contributed by atoms with E-state index in [0.717, 1.165) is 25.3 Å². The molecule has 2 unspecified atom stereocenters. The van der Waals surface area contributed by atoms with Gasteiger partial charge in [-0.2, -0.15) is 0 Å². The first-order valence-electron chi connectivity index (χ1n) is 7.86. The summed E-state index contributed by atoms with van der Waals surface area (Å²) in [5.41, 5.74) is 2.86. The number of ether oxygens (including phenoxy) is 1. The quantitative estimate of drug-likeness (QED) is 0.913. The normalized spacial score (nSPS) is 26.0. The van der Waals surface area contributed by atoms with Gasteiger partial charge in [0.1, 0.15) is 5.75 Å². The molecule has 2 aliphatic rings. The van der Waals surface area contributed by atoms with Gasteiger partial charge in [0.2, 0.25) is 0 Å². The Bertz CT molecular complexity index is 472. The molecule has 3 heteroatoms. The van der Waals surface area contributed by atoms with E-state index in [4.69, 9.17) is 4.74 Å². The molecule has 0 amide bonds. The fourth-order valence-electron chi connectivity index (χ4n) is 3.79. The SMILES string of the molecule is CNCC1CCN(C(C)C)C1c1ccc2c(c1)CCO2. The topological polar surface area (TPSA) is 24.5 Å². The van der Waals surface area contributed by atoms with Gasteiger partial charge >= 0.3 is 0 Å². The van der Waals surface area contributed by atoms with Crippen molar-refractivity contribution in [1.82, 2.24) is 10.2 Å². The van der Waals surface area contributed by atoms with E-state index in [0.29, 0.717) is 18.0 Å². The molecular formula is C17H26N2O. The van der Waals surface area contributed by atoms with Crippen LogP contribution >= 0.6 is 0 Å². The molecule has 0 spiro atoms. The minimum absolute atomic E-state index is 0.549. The molecule has 2 atom stereocenters. The van der Waals surface area contributed by atoms with Crippen LogP contribution in [0.15, 0.2) is 18.2 Å². The van der Waals surface area contributed by atoms with Crippen molar-refractivity contribution in [1.29, 1.82) is 0 Å². The van der Waals surface area contributed by atoms with Crippen LogP contribution in [0.1, 0.15) is 37.4 Å². The Balaban J connectivity index is 1.90. The van der Waals surface area contributed by atoms with Crippen LogP contribution < -0.4 is 10.1 Å². The minimum atomic E-state index is 0.549. The van der Waals surface area contributed by atoms with E-state index < -0.39 is 0 Å². The first-order valence-corrected chi connectivity index (χ1v) is 7.86. The number of rotatable bonds is 4. The fourth-order valence-corrected chi connectivity index (χ4v) is 3.79. The molecule has 110 valence electrons. The molecule has 1 aromatic carbocycles. The van der Waals surface area contributed by atoms with Gasteiger partial charge in [-0.15, -0.1) is 0 Å². The summed E-state index contributed by atoms with van der Waals surface area (Å²) in [5.74, 6) is 1.80. The van der Waals surface area contributed by atoms with E-state index in [2.05, 4.69) is 49.3 Å². The van der Waals surface area contributed by atoms with Crippen LogP contribution in [0.3, 0.4) is 0 Å². The second-order valence-electron chi connectivity index (χ2n) is 6.35. The van der Waals surface area contributed by atoms with Crippen molar-refractivity contribution in [2.45, 2.75) is 38.8 Å². The molecule has 2 aliphatic heterocycles. The maximum Gasteiger partial charge on any atom is 0.122 e. The van der Waals surface area contributed by atoms with Crippen LogP contribution in [0, 0.1) is 5.92 Å². The summed E-state index contributed by atoms with van der Waals surface area (Å²) in [7, 11) is 2.06. The van der Waals surface area contributed by atoms with Gasteiger partial charge in [0.05, 0.1) is 6.61 Å². The van der Waals surface area contributed by atoms with Crippen molar-refractivity contribution in [3.8, 4) is 5.75 Å². The Morgan fingerprint density at radius 2 is 2.25 bits per heavy atom. The Morgan fingerprint density at radius 3 is 3.00 bits per heavy atom. The average molecular weight is 274 g/mol. The third-order valence-corrected chi connectivity index (χ3v) is 4.75. The molecular weight excluding hydrogens is 248 g/mol. The molecule has 1 aromatic rings. The summed E-state index contributed by atoms with van der Waals surface area (Å²) >= 11 is 0.